The molecule has 0 radical (unpaired) electrons. The molecule has 4 heteroatoms. The van der Waals surface area contributed by atoms with Gasteiger partial charge in [0.1, 0.15) is 12.4 Å². The first-order valence-corrected chi connectivity index (χ1v) is 7.44. The van der Waals surface area contributed by atoms with Crippen LogP contribution in [0.25, 0.3) is 0 Å². The number of rotatable bonds is 12. The lowest BCUT2D eigenvalue weighted by atomic mass is 10.1. The minimum atomic E-state index is 0.561. The van der Waals surface area contributed by atoms with Crippen LogP contribution in [0.1, 0.15) is 25.3 Å². The molecular formula is C16H27NO3. The van der Waals surface area contributed by atoms with Crippen molar-refractivity contribution in [3.05, 3.63) is 29.8 Å². The average molecular weight is 281 g/mol. The van der Waals surface area contributed by atoms with Gasteiger partial charge in [-0.3, -0.25) is 0 Å². The van der Waals surface area contributed by atoms with Crippen LogP contribution in [0.4, 0.5) is 0 Å². The zero-order valence-electron chi connectivity index (χ0n) is 12.5. The lowest BCUT2D eigenvalue weighted by Gasteiger charge is -2.08. The van der Waals surface area contributed by atoms with Gasteiger partial charge in [0, 0.05) is 6.61 Å². The summed E-state index contributed by atoms with van der Waals surface area (Å²) in [6.45, 7) is 6.09. The van der Waals surface area contributed by atoms with E-state index in [2.05, 4.69) is 6.92 Å². The van der Waals surface area contributed by atoms with E-state index >= 15 is 0 Å². The van der Waals surface area contributed by atoms with Crippen molar-refractivity contribution >= 4 is 0 Å². The van der Waals surface area contributed by atoms with E-state index < -0.39 is 0 Å². The molecular weight excluding hydrogens is 254 g/mol. The molecule has 114 valence electrons. The summed E-state index contributed by atoms with van der Waals surface area (Å²) in [5, 5.41) is 0. The summed E-state index contributed by atoms with van der Waals surface area (Å²) in [6.07, 6.45) is 3.18. The first-order chi connectivity index (χ1) is 9.86. The average Bonchev–Trinajstić information content (AvgIpc) is 2.47. The Bertz CT molecular complexity index is 327. The molecule has 0 aliphatic heterocycles. The summed E-state index contributed by atoms with van der Waals surface area (Å²) in [5.41, 5.74) is 6.74. The quantitative estimate of drug-likeness (QED) is 0.598. The molecule has 0 bridgehead atoms. The minimum Gasteiger partial charge on any atom is -0.491 e. The van der Waals surface area contributed by atoms with Crippen molar-refractivity contribution in [1.29, 1.82) is 0 Å². The molecule has 20 heavy (non-hydrogen) atoms. The molecule has 0 heterocycles. The lowest BCUT2D eigenvalue weighted by Crippen LogP contribution is -2.11. The van der Waals surface area contributed by atoms with Crippen molar-refractivity contribution in [3.63, 3.8) is 0 Å². The van der Waals surface area contributed by atoms with Gasteiger partial charge in [0.2, 0.25) is 0 Å². The van der Waals surface area contributed by atoms with E-state index in [1.54, 1.807) is 0 Å². The van der Waals surface area contributed by atoms with Gasteiger partial charge in [0.25, 0.3) is 0 Å². The molecule has 1 aromatic carbocycles. The summed E-state index contributed by atoms with van der Waals surface area (Å²) in [6, 6.07) is 8.03. The number of benzene rings is 1. The van der Waals surface area contributed by atoms with Crippen LogP contribution in [-0.2, 0) is 15.9 Å². The summed E-state index contributed by atoms with van der Waals surface area (Å²) < 4.78 is 16.4. The zero-order valence-corrected chi connectivity index (χ0v) is 12.5. The van der Waals surface area contributed by atoms with Crippen LogP contribution < -0.4 is 10.5 Å². The standard InChI is InChI=1S/C16H27NO3/c1-2-3-10-18-11-12-19-13-14-20-16-6-4-15(5-7-16)8-9-17/h4-7H,2-3,8-14,17H2,1H3. The Kier molecular flexibility index (Phi) is 9.92. The van der Waals surface area contributed by atoms with E-state index in [4.69, 9.17) is 19.9 Å². The van der Waals surface area contributed by atoms with E-state index in [1.807, 2.05) is 24.3 Å². The highest BCUT2D eigenvalue weighted by Crippen LogP contribution is 2.12. The predicted molar refractivity (Wildman–Crippen MR) is 81.2 cm³/mol. The molecule has 0 spiro atoms. The van der Waals surface area contributed by atoms with E-state index in [-0.39, 0.29) is 0 Å². The molecule has 0 atom stereocenters. The second-order valence-corrected chi connectivity index (χ2v) is 4.61. The topological polar surface area (TPSA) is 53.7 Å². The van der Waals surface area contributed by atoms with Gasteiger partial charge in [-0.15, -0.1) is 0 Å². The Morgan fingerprint density at radius 3 is 2.20 bits per heavy atom. The van der Waals surface area contributed by atoms with Gasteiger partial charge in [0.05, 0.1) is 19.8 Å². The van der Waals surface area contributed by atoms with Crippen LogP contribution in [0.5, 0.6) is 5.75 Å². The largest absolute Gasteiger partial charge is 0.491 e. The van der Waals surface area contributed by atoms with Crippen LogP contribution >= 0.6 is 0 Å². The molecule has 0 fully saturated rings. The number of nitrogens with two attached hydrogens (primary N) is 1. The third-order valence-electron chi connectivity index (χ3n) is 2.87. The Balaban J connectivity index is 1.98. The van der Waals surface area contributed by atoms with E-state index in [1.165, 1.54) is 12.0 Å². The Labute approximate surface area is 122 Å². The zero-order chi connectivity index (χ0) is 14.5. The molecule has 0 aromatic heterocycles. The number of unbranched alkanes of at least 4 members (excludes halogenated alkanes) is 1. The van der Waals surface area contributed by atoms with E-state index in [0.29, 0.717) is 33.0 Å². The fraction of sp³-hybridized carbons (Fsp3) is 0.625. The molecule has 4 nitrogen and oxygen atoms in total. The van der Waals surface area contributed by atoms with Crippen molar-refractivity contribution in [1.82, 2.24) is 0 Å². The fourth-order valence-electron chi connectivity index (χ4n) is 1.71. The highest BCUT2D eigenvalue weighted by atomic mass is 16.5. The maximum absolute atomic E-state index is 5.59. The van der Waals surface area contributed by atoms with E-state index in [9.17, 15) is 0 Å². The first kappa shape index (κ1) is 17.0. The van der Waals surface area contributed by atoms with Gasteiger partial charge in [-0.2, -0.15) is 0 Å². The van der Waals surface area contributed by atoms with E-state index in [0.717, 1.165) is 25.2 Å². The van der Waals surface area contributed by atoms with Crippen molar-refractivity contribution in [3.8, 4) is 5.75 Å². The van der Waals surface area contributed by atoms with Crippen LogP contribution in [-0.4, -0.2) is 39.6 Å². The molecule has 2 N–H and O–H groups in total. The molecule has 1 rings (SSSR count). The van der Waals surface area contributed by atoms with Crippen LogP contribution in [0.3, 0.4) is 0 Å². The molecule has 0 aliphatic carbocycles. The van der Waals surface area contributed by atoms with Crippen LogP contribution in [0.2, 0.25) is 0 Å². The second-order valence-electron chi connectivity index (χ2n) is 4.61. The van der Waals surface area contributed by atoms with Gasteiger partial charge in [-0.05, 0) is 37.1 Å². The summed E-state index contributed by atoms with van der Waals surface area (Å²) in [4.78, 5) is 0. The normalized spacial score (nSPS) is 10.7. The Morgan fingerprint density at radius 2 is 1.55 bits per heavy atom. The summed E-state index contributed by atoms with van der Waals surface area (Å²) in [5.74, 6) is 0.869. The first-order valence-electron chi connectivity index (χ1n) is 7.44. The van der Waals surface area contributed by atoms with Gasteiger partial charge >= 0.3 is 0 Å². The summed E-state index contributed by atoms with van der Waals surface area (Å²) >= 11 is 0. The molecule has 0 unspecified atom stereocenters. The molecule has 0 saturated carbocycles. The monoisotopic (exact) mass is 281 g/mol. The Morgan fingerprint density at radius 1 is 0.900 bits per heavy atom. The maximum Gasteiger partial charge on any atom is 0.119 e. The van der Waals surface area contributed by atoms with Gasteiger partial charge in [-0.25, -0.2) is 0 Å². The van der Waals surface area contributed by atoms with Crippen molar-refractivity contribution in [2.45, 2.75) is 26.2 Å². The Hall–Kier alpha value is -1.10. The van der Waals surface area contributed by atoms with Crippen LogP contribution in [0.15, 0.2) is 24.3 Å². The molecule has 1 aromatic rings. The van der Waals surface area contributed by atoms with Gasteiger partial charge in [-0.1, -0.05) is 25.5 Å². The minimum absolute atomic E-state index is 0.561. The molecule has 0 saturated heterocycles. The van der Waals surface area contributed by atoms with Crippen molar-refractivity contribution in [2.75, 3.05) is 39.6 Å². The van der Waals surface area contributed by atoms with Crippen LogP contribution in [0, 0.1) is 0 Å². The summed E-state index contributed by atoms with van der Waals surface area (Å²) in [7, 11) is 0. The highest BCUT2D eigenvalue weighted by Gasteiger charge is 1.96. The SMILES string of the molecule is CCCCOCCOCCOc1ccc(CCN)cc1. The van der Waals surface area contributed by atoms with Gasteiger partial charge in [0.15, 0.2) is 0 Å². The van der Waals surface area contributed by atoms with Crippen molar-refractivity contribution in [2.24, 2.45) is 5.73 Å². The van der Waals surface area contributed by atoms with Crippen molar-refractivity contribution < 1.29 is 14.2 Å². The molecule has 0 amide bonds. The van der Waals surface area contributed by atoms with Gasteiger partial charge < -0.3 is 19.9 Å². The fourth-order valence-corrected chi connectivity index (χ4v) is 1.71. The smallest absolute Gasteiger partial charge is 0.119 e. The molecule has 0 aliphatic rings. The third-order valence-corrected chi connectivity index (χ3v) is 2.87. The second kappa shape index (κ2) is 11.7. The lowest BCUT2D eigenvalue weighted by molar-refractivity contribution is 0.0356. The maximum atomic E-state index is 5.59. The predicted octanol–water partition coefficient (Wildman–Crippen LogP) is 2.40. The number of hydrogen-bond acceptors (Lipinski definition) is 4. The highest BCUT2D eigenvalue weighted by molar-refractivity contribution is 5.27. The number of ether oxygens (including phenoxy) is 3. The number of hydrogen-bond donors (Lipinski definition) is 1. The third kappa shape index (κ3) is 8.15.